The monoisotopic (exact) mass is 318 g/mol. The fraction of sp³-hybridized carbons (Fsp3) is 0.500. The van der Waals surface area contributed by atoms with Crippen LogP contribution in [0.4, 0.5) is 11.6 Å². The molecule has 7 heteroatoms. The van der Waals surface area contributed by atoms with Crippen LogP contribution in [-0.2, 0) is 10.3 Å². The molecule has 0 unspecified atom stereocenters. The van der Waals surface area contributed by atoms with Gasteiger partial charge in [-0.05, 0) is 31.9 Å². The van der Waals surface area contributed by atoms with E-state index in [9.17, 15) is 5.11 Å². The molecule has 1 aliphatic heterocycles. The Kier molecular flexibility index (Phi) is 4.78. The molecular weight excluding hydrogens is 296 g/mol. The number of nitrogens with one attached hydrogen (secondary N) is 2. The Labute approximate surface area is 135 Å². The fourth-order valence-corrected chi connectivity index (χ4v) is 2.53. The van der Waals surface area contributed by atoms with Crippen LogP contribution in [0, 0.1) is 0 Å². The van der Waals surface area contributed by atoms with Gasteiger partial charge in [-0.3, -0.25) is 0 Å². The van der Waals surface area contributed by atoms with Crippen LogP contribution in [0.25, 0.3) is 0 Å². The third kappa shape index (κ3) is 4.20. The Morgan fingerprint density at radius 1 is 1.39 bits per heavy atom. The first kappa shape index (κ1) is 15.8. The van der Waals surface area contributed by atoms with Crippen LogP contribution in [0.2, 0.25) is 0 Å². The first-order valence-corrected chi connectivity index (χ1v) is 7.80. The van der Waals surface area contributed by atoms with Crippen molar-refractivity contribution in [2.24, 2.45) is 0 Å². The van der Waals surface area contributed by atoms with Crippen molar-refractivity contribution in [2.45, 2.75) is 31.4 Å². The molecule has 0 aliphatic carbocycles. The third-order valence-electron chi connectivity index (χ3n) is 3.85. The maximum Gasteiger partial charge on any atom is 0.136 e. The van der Waals surface area contributed by atoms with E-state index in [2.05, 4.69) is 20.6 Å². The second-order valence-corrected chi connectivity index (χ2v) is 5.95. The average molecular weight is 318 g/mol. The highest BCUT2D eigenvalue weighted by molar-refractivity contribution is 5.47. The Hall–Kier alpha value is -2.12. The van der Waals surface area contributed by atoms with Crippen LogP contribution < -0.4 is 10.6 Å². The minimum atomic E-state index is -1.11. The number of anilines is 2. The highest BCUT2D eigenvalue weighted by Gasteiger charge is 2.26. The van der Waals surface area contributed by atoms with Gasteiger partial charge < -0.3 is 24.9 Å². The van der Waals surface area contributed by atoms with E-state index in [4.69, 9.17) is 9.15 Å². The normalized spacial score (nSPS) is 20.7. The molecule has 1 saturated heterocycles. The zero-order chi connectivity index (χ0) is 16.1. The van der Waals surface area contributed by atoms with Crippen LogP contribution in [0.3, 0.4) is 0 Å². The minimum absolute atomic E-state index is 0.276. The number of hydrogen-bond donors (Lipinski definition) is 3. The number of aromatic nitrogens is 2. The summed E-state index contributed by atoms with van der Waals surface area (Å²) in [4.78, 5) is 8.41. The SMILES string of the molecule is C[C@](O)(CNc1cc(N[C@@H]2CCCOC2)ncn1)c1ccco1. The second kappa shape index (κ2) is 6.97. The van der Waals surface area contributed by atoms with Gasteiger partial charge in [-0.15, -0.1) is 0 Å². The number of furan rings is 1. The largest absolute Gasteiger partial charge is 0.466 e. The third-order valence-corrected chi connectivity index (χ3v) is 3.85. The van der Waals surface area contributed by atoms with Crippen molar-refractivity contribution < 1.29 is 14.3 Å². The molecule has 1 aliphatic rings. The van der Waals surface area contributed by atoms with Crippen LogP contribution in [0.5, 0.6) is 0 Å². The molecule has 3 N–H and O–H groups in total. The predicted molar refractivity (Wildman–Crippen MR) is 86.3 cm³/mol. The highest BCUT2D eigenvalue weighted by Crippen LogP contribution is 2.22. The second-order valence-electron chi connectivity index (χ2n) is 5.95. The van der Waals surface area contributed by atoms with E-state index in [1.54, 1.807) is 25.3 Å². The van der Waals surface area contributed by atoms with Crippen LogP contribution >= 0.6 is 0 Å². The van der Waals surface area contributed by atoms with Crippen molar-refractivity contribution in [1.82, 2.24) is 9.97 Å². The molecule has 23 heavy (non-hydrogen) atoms. The number of ether oxygens (including phenoxy) is 1. The lowest BCUT2D eigenvalue weighted by molar-refractivity contribution is 0.0476. The van der Waals surface area contributed by atoms with Gasteiger partial charge in [0.1, 0.15) is 29.3 Å². The molecule has 1 fully saturated rings. The molecule has 0 saturated carbocycles. The zero-order valence-corrected chi connectivity index (χ0v) is 13.2. The van der Waals surface area contributed by atoms with Gasteiger partial charge in [-0.25, -0.2) is 9.97 Å². The minimum Gasteiger partial charge on any atom is -0.466 e. The van der Waals surface area contributed by atoms with E-state index >= 15 is 0 Å². The highest BCUT2D eigenvalue weighted by atomic mass is 16.5. The van der Waals surface area contributed by atoms with Crippen molar-refractivity contribution in [3.63, 3.8) is 0 Å². The zero-order valence-electron chi connectivity index (χ0n) is 13.2. The Morgan fingerprint density at radius 2 is 2.26 bits per heavy atom. The van der Waals surface area contributed by atoms with Crippen molar-refractivity contribution in [3.05, 3.63) is 36.5 Å². The summed E-state index contributed by atoms with van der Waals surface area (Å²) in [5, 5.41) is 16.9. The van der Waals surface area contributed by atoms with Crippen molar-refractivity contribution in [3.8, 4) is 0 Å². The summed E-state index contributed by atoms with van der Waals surface area (Å²) in [6, 6.07) is 5.60. The molecule has 0 bridgehead atoms. The van der Waals surface area contributed by atoms with E-state index in [-0.39, 0.29) is 12.6 Å². The fourth-order valence-electron chi connectivity index (χ4n) is 2.53. The average Bonchev–Trinajstić information content (AvgIpc) is 3.10. The first-order valence-electron chi connectivity index (χ1n) is 7.80. The lowest BCUT2D eigenvalue weighted by Crippen LogP contribution is -2.31. The molecule has 0 radical (unpaired) electrons. The number of aliphatic hydroxyl groups is 1. The van der Waals surface area contributed by atoms with Gasteiger partial charge in [0, 0.05) is 12.7 Å². The molecule has 3 rings (SSSR count). The van der Waals surface area contributed by atoms with Gasteiger partial charge in [-0.2, -0.15) is 0 Å². The lowest BCUT2D eigenvalue weighted by atomic mass is 10.0. The van der Waals surface area contributed by atoms with Crippen LogP contribution in [0.15, 0.2) is 35.2 Å². The maximum atomic E-state index is 10.4. The lowest BCUT2D eigenvalue weighted by Gasteiger charge is -2.24. The Balaban J connectivity index is 1.59. The van der Waals surface area contributed by atoms with E-state index in [0.717, 1.165) is 25.3 Å². The van der Waals surface area contributed by atoms with E-state index < -0.39 is 5.60 Å². The molecule has 2 atom stereocenters. The van der Waals surface area contributed by atoms with Gasteiger partial charge >= 0.3 is 0 Å². The van der Waals surface area contributed by atoms with E-state index in [0.29, 0.717) is 18.2 Å². The van der Waals surface area contributed by atoms with Crippen LogP contribution in [-0.4, -0.2) is 40.9 Å². The van der Waals surface area contributed by atoms with Gasteiger partial charge in [0.2, 0.25) is 0 Å². The predicted octanol–water partition coefficient (Wildman–Crippen LogP) is 1.98. The molecule has 7 nitrogen and oxygen atoms in total. The van der Waals surface area contributed by atoms with Crippen molar-refractivity contribution in [1.29, 1.82) is 0 Å². The summed E-state index contributed by atoms with van der Waals surface area (Å²) in [7, 11) is 0. The Morgan fingerprint density at radius 3 is 3.00 bits per heavy atom. The molecule has 2 aromatic heterocycles. The van der Waals surface area contributed by atoms with E-state index in [1.807, 2.05) is 6.07 Å². The summed E-state index contributed by atoms with van der Waals surface area (Å²) in [6.45, 7) is 3.50. The van der Waals surface area contributed by atoms with Gasteiger partial charge in [-0.1, -0.05) is 0 Å². The first-order chi connectivity index (χ1) is 11.1. The molecule has 3 heterocycles. The maximum absolute atomic E-state index is 10.4. The van der Waals surface area contributed by atoms with Gasteiger partial charge in [0.15, 0.2) is 0 Å². The van der Waals surface area contributed by atoms with E-state index in [1.165, 1.54) is 6.33 Å². The van der Waals surface area contributed by atoms with Crippen molar-refractivity contribution in [2.75, 3.05) is 30.4 Å². The summed E-state index contributed by atoms with van der Waals surface area (Å²) in [5.41, 5.74) is -1.11. The number of nitrogens with zero attached hydrogens (tertiary/aromatic N) is 2. The summed E-state index contributed by atoms with van der Waals surface area (Å²) < 4.78 is 10.7. The Bertz CT molecular complexity index is 610. The number of rotatable bonds is 6. The summed E-state index contributed by atoms with van der Waals surface area (Å²) in [5.74, 6) is 1.90. The molecule has 0 amide bonds. The number of hydrogen-bond acceptors (Lipinski definition) is 7. The molecular formula is C16H22N4O3. The topological polar surface area (TPSA) is 92.4 Å². The quantitative estimate of drug-likeness (QED) is 0.750. The smallest absolute Gasteiger partial charge is 0.136 e. The summed E-state index contributed by atoms with van der Waals surface area (Å²) in [6.07, 6.45) is 5.17. The molecule has 0 spiro atoms. The standard InChI is InChI=1S/C16H22N4O3/c1-16(21,13-5-3-7-23-13)10-17-14-8-15(19-11-18-14)20-12-4-2-6-22-9-12/h3,5,7-8,11-12,21H,2,4,6,9-10H2,1H3,(H2,17,18,19,20)/t12-,16+/m1/s1. The van der Waals surface area contributed by atoms with Gasteiger partial charge in [0.25, 0.3) is 0 Å². The summed E-state index contributed by atoms with van der Waals surface area (Å²) >= 11 is 0. The molecule has 2 aromatic rings. The van der Waals surface area contributed by atoms with Gasteiger partial charge in [0.05, 0.1) is 25.5 Å². The molecule has 0 aromatic carbocycles. The van der Waals surface area contributed by atoms with Crippen LogP contribution in [0.1, 0.15) is 25.5 Å². The van der Waals surface area contributed by atoms with Crippen molar-refractivity contribution >= 4 is 11.6 Å². The molecule has 124 valence electrons.